The molecule has 104 valence electrons. The predicted octanol–water partition coefficient (Wildman–Crippen LogP) is 0.556. The molecule has 5 heteroatoms. The number of piperazine rings is 1. The van der Waals surface area contributed by atoms with Crippen LogP contribution in [0.5, 0.6) is 0 Å². The van der Waals surface area contributed by atoms with Crippen LogP contribution < -0.4 is 0 Å². The summed E-state index contributed by atoms with van der Waals surface area (Å²) in [4.78, 5) is 19.7. The van der Waals surface area contributed by atoms with Crippen LogP contribution in [0.4, 0.5) is 0 Å². The number of H-pyrrole nitrogens is 1. The Morgan fingerprint density at radius 2 is 2.05 bits per heavy atom. The van der Waals surface area contributed by atoms with Gasteiger partial charge in [-0.05, 0) is 38.4 Å². The maximum atomic E-state index is 12.4. The first-order chi connectivity index (χ1) is 8.97. The van der Waals surface area contributed by atoms with Crippen molar-refractivity contribution in [2.24, 2.45) is 0 Å². The highest BCUT2D eigenvalue weighted by atomic mass is 16.3. The molecule has 0 bridgehead atoms. The van der Waals surface area contributed by atoms with Gasteiger partial charge in [-0.25, -0.2) is 0 Å². The van der Waals surface area contributed by atoms with E-state index in [-0.39, 0.29) is 5.91 Å². The normalized spacial score (nSPS) is 27.6. The minimum absolute atomic E-state index is 0.0540. The lowest BCUT2D eigenvalue weighted by Crippen LogP contribution is -2.47. The Balaban J connectivity index is 1.78. The summed E-state index contributed by atoms with van der Waals surface area (Å²) < 4.78 is 0. The fourth-order valence-electron chi connectivity index (χ4n) is 2.97. The summed E-state index contributed by atoms with van der Waals surface area (Å²) in [7, 11) is 2.07. The largest absolute Gasteiger partial charge is 0.384 e. The summed E-state index contributed by atoms with van der Waals surface area (Å²) >= 11 is 0. The second-order valence-electron chi connectivity index (χ2n) is 5.95. The first-order valence-corrected chi connectivity index (χ1v) is 6.90. The molecule has 0 saturated carbocycles. The molecule has 5 nitrogen and oxygen atoms in total. The Kier molecular flexibility index (Phi) is 2.91. The van der Waals surface area contributed by atoms with E-state index in [0.29, 0.717) is 5.69 Å². The highest BCUT2D eigenvalue weighted by Crippen LogP contribution is 2.36. The standard InChI is InChI=1S/C14H21N3O2/c1-14(19)4-3-10-9-11(15-12(10)14)13(18)17-7-5-16(2)6-8-17/h9,15,19H,3-8H2,1-2H3. The van der Waals surface area contributed by atoms with Gasteiger partial charge in [0.15, 0.2) is 0 Å². The molecule has 2 N–H and O–H groups in total. The Morgan fingerprint density at radius 1 is 1.37 bits per heavy atom. The van der Waals surface area contributed by atoms with Gasteiger partial charge >= 0.3 is 0 Å². The van der Waals surface area contributed by atoms with Crippen molar-refractivity contribution in [1.29, 1.82) is 0 Å². The van der Waals surface area contributed by atoms with Crippen LogP contribution in [0, 0.1) is 0 Å². The molecule has 19 heavy (non-hydrogen) atoms. The lowest BCUT2D eigenvalue weighted by Gasteiger charge is -2.32. The Hall–Kier alpha value is -1.33. The second-order valence-corrected chi connectivity index (χ2v) is 5.95. The molecule has 1 saturated heterocycles. The minimum atomic E-state index is -0.810. The second kappa shape index (κ2) is 4.35. The van der Waals surface area contributed by atoms with Crippen molar-refractivity contribution in [2.75, 3.05) is 33.2 Å². The highest BCUT2D eigenvalue weighted by Gasteiger charge is 2.35. The summed E-state index contributed by atoms with van der Waals surface area (Å²) in [5.41, 5.74) is 1.72. The van der Waals surface area contributed by atoms with E-state index in [2.05, 4.69) is 16.9 Å². The van der Waals surface area contributed by atoms with Gasteiger partial charge in [-0.15, -0.1) is 0 Å². The Morgan fingerprint density at radius 3 is 2.68 bits per heavy atom. The molecule has 1 aromatic heterocycles. The predicted molar refractivity (Wildman–Crippen MR) is 72.1 cm³/mol. The summed E-state index contributed by atoms with van der Waals surface area (Å²) in [5.74, 6) is 0.0540. The number of rotatable bonds is 1. The molecule has 3 rings (SSSR count). The SMILES string of the molecule is CN1CCN(C(=O)c2cc3c([nH]2)C(C)(O)CC3)CC1. The van der Waals surface area contributed by atoms with E-state index >= 15 is 0 Å². The number of aryl methyl sites for hydroxylation is 1. The van der Waals surface area contributed by atoms with E-state index in [0.717, 1.165) is 50.3 Å². The number of aliphatic hydroxyl groups is 1. The zero-order valence-electron chi connectivity index (χ0n) is 11.6. The highest BCUT2D eigenvalue weighted by molar-refractivity contribution is 5.93. The number of fused-ring (bicyclic) bond motifs is 1. The molecule has 0 radical (unpaired) electrons. The molecule has 1 aliphatic heterocycles. The first kappa shape index (κ1) is 12.7. The van der Waals surface area contributed by atoms with Crippen molar-refractivity contribution >= 4 is 5.91 Å². The fraction of sp³-hybridized carbons (Fsp3) is 0.643. The Labute approximate surface area is 113 Å². The molecule has 1 fully saturated rings. The number of hydrogen-bond acceptors (Lipinski definition) is 3. The van der Waals surface area contributed by atoms with Crippen molar-refractivity contribution in [3.8, 4) is 0 Å². The van der Waals surface area contributed by atoms with Crippen LogP contribution in [0.2, 0.25) is 0 Å². The van der Waals surface area contributed by atoms with Crippen LogP contribution >= 0.6 is 0 Å². The molecule has 1 atom stereocenters. The molecule has 1 aromatic rings. The van der Waals surface area contributed by atoms with Crippen molar-refractivity contribution in [3.63, 3.8) is 0 Å². The number of nitrogens with zero attached hydrogens (tertiary/aromatic N) is 2. The maximum absolute atomic E-state index is 12.4. The molecule has 1 aliphatic carbocycles. The molecule has 0 spiro atoms. The lowest BCUT2D eigenvalue weighted by molar-refractivity contribution is 0.0547. The number of carbonyl (C=O) groups is 1. The van der Waals surface area contributed by atoms with Crippen LogP contribution in [0.3, 0.4) is 0 Å². The number of nitrogens with one attached hydrogen (secondary N) is 1. The van der Waals surface area contributed by atoms with Gasteiger partial charge in [-0.1, -0.05) is 0 Å². The number of likely N-dealkylation sites (N-methyl/N-ethyl adjacent to an activating group) is 1. The summed E-state index contributed by atoms with van der Waals surface area (Å²) in [6.07, 6.45) is 1.58. The van der Waals surface area contributed by atoms with Gasteiger partial charge in [0.05, 0.1) is 5.69 Å². The van der Waals surface area contributed by atoms with E-state index in [1.165, 1.54) is 0 Å². The van der Waals surface area contributed by atoms with Crippen molar-refractivity contribution < 1.29 is 9.90 Å². The zero-order valence-corrected chi connectivity index (χ0v) is 11.6. The van der Waals surface area contributed by atoms with E-state index in [9.17, 15) is 9.90 Å². The first-order valence-electron chi connectivity index (χ1n) is 6.90. The molecule has 2 aliphatic rings. The van der Waals surface area contributed by atoms with Gasteiger partial charge in [-0.2, -0.15) is 0 Å². The monoisotopic (exact) mass is 263 g/mol. The minimum Gasteiger partial charge on any atom is -0.384 e. The number of carbonyl (C=O) groups excluding carboxylic acids is 1. The van der Waals surface area contributed by atoms with E-state index in [1.54, 1.807) is 6.92 Å². The number of aromatic nitrogens is 1. The summed E-state index contributed by atoms with van der Waals surface area (Å²) in [6.45, 7) is 5.19. The quantitative estimate of drug-likeness (QED) is 0.778. The molecular formula is C14H21N3O2. The van der Waals surface area contributed by atoms with Gasteiger partial charge in [-0.3, -0.25) is 4.79 Å². The van der Waals surface area contributed by atoms with Crippen LogP contribution in [0.1, 0.15) is 35.1 Å². The molecular weight excluding hydrogens is 242 g/mol. The lowest BCUT2D eigenvalue weighted by atomic mass is 10.1. The average molecular weight is 263 g/mol. The maximum Gasteiger partial charge on any atom is 0.270 e. The summed E-state index contributed by atoms with van der Waals surface area (Å²) in [6, 6.07) is 1.91. The number of hydrogen-bond donors (Lipinski definition) is 2. The van der Waals surface area contributed by atoms with E-state index < -0.39 is 5.60 Å². The van der Waals surface area contributed by atoms with Crippen LogP contribution in [0.25, 0.3) is 0 Å². The van der Waals surface area contributed by atoms with Gasteiger partial charge in [0.2, 0.25) is 0 Å². The summed E-state index contributed by atoms with van der Waals surface area (Å²) in [5, 5.41) is 10.2. The third-order valence-corrected chi connectivity index (χ3v) is 4.34. The molecule has 1 unspecified atom stereocenters. The fourth-order valence-corrected chi connectivity index (χ4v) is 2.97. The van der Waals surface area contributed by atoms with Crippen LogP contribution in [-0.4, -0.2) is 59.0 Å². The smallest absolute Gasteiger partial charge is 0.270 e. The third kappa shape index (κ3) is 2.17. The topological polar surface area (TPSA) is 59.6 Å². The Bertz CT molecular complexity index is 499. The van der Waals surface area contributed by atoms with E-state index in [1.807, 2.05) is 11.0 Å². The molecule has 1 amide bonds. The number of aromatic amines is 1. The third-order valence-electron chi connectivity index (χ3n) is 4.34. The number of amides is 1. The van der Waals surface area contributed by atoms with Gasteiger partial charge in [0, 0.05) is 26.2 Å². The van der Waals surface area contributed by atoms with Gasteiger partial charge < -0.3 is 19.9 Å². The van der Waals surface area contributed by atoms with Crippen molar-refractivity contribution in [3.05, 3.63) is 23.0 Å². The van der Waals surface area contributed by atoms with Gasteiger partial charge in [0.25, 0.3) is 5.91 Å². The van der Waals surface area contributed by atoms with Crippen molar-refractivity contribution in [1.82, 2.24) is 14.8 Å². The van der Waals surface area contributed by atoms with Crippen LogP contribution in [-0.2, 0) is 12.0 Å². The van der Waals surface area contributed by atoms with E-state index in [4.69, 9.17) is 0 Å². The van der Waals surface area contributed by atoms with Gasteiger partial charge in [0.1, 0.15) is 11.3 Å². The molecule has 0 aromatic carbocycles. The average Bonchev–Trinajstić information content (AvgIpc) is 2.91. The van der Waals surface area contributed by atoms with Crippen LogP contribution in [0.15, 0.2) is 6.07 Å². The zero-order chi connectivity index (χ0) is 13.6. The van der Waals surface area contributed by atoms with Crippen molar-refractivity contribution in [2.45, 2.75) is 25.4 Å². The molecule has 2 heterocycles.